The van der Waals surface area contributed by atoms with E-state index in [-0.39, 0.29) is 0 Å². The largest absolute Gasteiger partial charge is 0.264 e. The van der Waals surface area contributed by atoms with Crippen molar-refractivity contribution in [3.63, 3.8) is 0 Å². The molecule has 0 aromatic carbocycles. The Balaban J connectivity index is 2.03. The first kappa shape index (κ1) is 12.9. The summed E-state index contributed by atoms with van der Waals surface area (Å²) in [6.45, 7) is 4.37. The molecule has 0 aliphatic rings. The van der Waals surface area contributed by atoms with Crippen LogP contribution in [0.3, 0.4) is 0 Å². The molecule has 0 unspecified atom stereocenters. The van der Waals surface area contributed by atoms with Gasteiger partial charge in [0.1, 0.15) is 10.7 Å². The molecule has 0 aliphatic heterocycles. The highest BCUT2D eigenvalue weighted by Crippen LogP contribution is 2.32. The van der Waals surface area contributed by atoms with Gasteiger partial charge < -0.3 is 0 Å². The van der Waals surface area contributed by atoms with E-state index in [0.29, 0.717) is 5.92 Å². The lowest BCUT2D eigenvalue weighted by molar-refractivity contribution is 0.865. The van der Waals surface area contributed by atoms with Gasteiger partial charge in [-0.1, -0.05) is 19.9 Å². The second kappa shape index (κ2) is 5.51. The minimum atomic E-state index is 0.454. The van der Waals surface area contributed by atoms with Gasteiger partial charge in [-0.2, -0.15) is 0 Å². The molecule has 0 spiro atoms. The van der Waals surface area contributed by atoms with E-state index in [4.69, 9.17) is 4.98 Å². The molecular weight excluding hydrogens is 266 g/mol. The second-order valence-electron chi connectivity index (χ2n) is 4.87. The van der Waals surface area contributed by atoms with Crippen molar-refractivity contribution < 1.29 is 0 Å². The van der Waals surface area contributed by atoms with Gasteiger partial charge in [-0.15, -0.1) is 11.3 Å². The molecule has 3 aromatic rings. The fourth-order valence-electron chi connectivity index (χ4n) is 2.12. The lowest BCUT2D eigenvalue weighted by Crippen LogP contribution is -1.93. The molecule has 0 amide bonds. The number of aromatic nitrogens is 3. The van der Waals surface area contributed by atoms with Crippen LogP contribution in [0.25, 0.3) is 22.0 Å². The number of hydrogen-bond acceptors (Lipinski definition) is 4. The molecular formula is C16H15N3S. The van der Waals surface area contributed by atoms with E-state index in [2.05, 4.69) is 35.3 Å². The van der Waals surface area contributed by atoms with Crippen LogP contribution in [0.2, 0.25) is 0 Å². The summed E-state index contributed by atoms with van der Waals surface area (Å²) in [5.74, 6) is 0.454. The first-order chi connectivity index (χ1) is 9.75. The summed E-state index contributed by atoms with van der Waals surface area (Å²) in [6.07, 6.45) is 5.53. The standard InChI is InChI=1S/C16H15N3S/c1-11(2)12-6-8-17-9-13(12)16-19-15(10-20-16)14-5-3-4-7-18-14/h3-11H,1-2H3. The molecule has 0 aliphatic carbocycles. The molecule has 20 heavy (non-hydrogen) atoms. The third-order valence-corrected chi connectivity index (χ3v) is 4.01. The number of thiazole rings is 1. The zero-order valence-corrected chi connectivity index (χ0v) is 12.3. The third-order valence-electron chi connectivity index (χ3n) is 3.14. The van der Waals surface area contributed by atoms with Crippen molar-refractivity contribution in [3.05, 3.63) is 53.8 Å². The van der Waals surface area contributed by atoms with E-state index in [1.165, 1.54) is 5.56 Å². The SMILES string of the molecule is CC(C)c1ccncc1-c1nc(-c2ccccn2)cs1. The van der Waals surface area contributed by atoms with Gasteiger partial charge in [0, 0.05) is 29.5 Å². The first-order valence-electron chi connectivity index (χ1n) is 6.57. The molecule has 0 saturated heterocycles. The van der Waals surface area contributed by atoms with E-state index in [9.17, 15) is 0 Å². The normalized spacial score (nSPS) is 10.9. The summed E-state index contributed by atoms with van der Waals surface area (Å²) in [4.78, 5) is 13.3. The van der Waals surface area contributed by atoms with Crippen LogP contribution in [-0.4, -0.2) is 15.0 Å². The summed E-state index contributed by atoms with van der Waals surface area (Å²) in [6, 6.07) is 7.94. The van der Waals surface area contributed by atoms with Crippen LogP contribution in [0.1, 0.15) is 25.3 Å². The molecule has 0 N–H and O–H groups in total. The van der Waals surface area contributed by atoms with Gasteiger partial charge in [0.15, 0.2) is 0 Å². The lowest BCUT2D eigenvalue weighted by atomic mass is 10.00. The van der Waals surface area contributed by atoms with Crippen molar-refractivity contribution in [2.45, 2.75) is 19.8 Å². The number of hydrogen-bond donors (Lipinski definition) is 0. The van der Waals surface area contributed by atoms with Gasteiger partial charge in [-0.3, -0.25) is 9.97 Å². The molecule has 3 nitrogen and oxygen atoms in total. The highest BCUT2D eigenvalue weighted by molar-refractivity contribution is 7.13. The maximum absolute atomic E-state index is 4.71. The number of nitrogens with zero attached hydrogens (tertiary/aromatic N) is 3. The predicted molar refractivity (Wildman–Crippen MR) is 82.7 cm³/mol. The van der Waals surface area contributed by atoms with E-state index in [1.807, 2.05) is 30.6 Å². The van der Waals surface area contributed by atoms with E-state index in [0.717, 1.165) is 22.0 Å². The van der Waals surface area contributed by atoms with Gasteiger partial charge in [0.05, 0.1) is 5.69 Å². The van der Waals surface area contributed by atoms with Crippen LogP contribution in [0, 0.1) is 0 Å². The van der Waals surface area contributed by atoms with Crippen LogP contribution in [0.4, 0.5) is 0 Å². The average Bonchev–Trinajstić information content (AvgIpc) is 2.98. The Labute approximate surface area is 122 Å². The summed E-state index contributed by atoms with van der Waals surface area (Å²) in [7, 11) is 0. The molecule has 3 aromatic heterocycles. The highest BCUT2D eigenvalue weighted by atomic mass is 32.1. The zero-order chi connectivity index (χ0) is 13.9. The minimum absolute atomic E-state index is 0.454. The summed E-state index contributed by atoms with van der Waals surface area (Å²) in [5, 5.41) is 3.05. The third kappa shape index (κ3) is 2.47. The Morgan fingerprint density at radius 1 is 1.05 bits per heavy atom. The monoisotopic (exact) mass is 281 g/mol. The Hall–Kier alpha value is -2.07. The van der Waals surface area contributed by atoms with Crippen molar-refractivity contribution in [3.8, 4) is 22.0 Å². The van der Waals surface area contributed by atoms with Gasteiger partial charge in [0.25, 0.3) is 0 Å². The van der Waals surface area contributed by atoms with Gasteiger partial charge in [-0.05, 0) is 29.7 Å². The molecule has 3 rings (SSSR count). The Kier molecular flexibility index (Phi) is 3.56. The summed E-state index contributed by atoms with van der Waals surface area (Å²) >= 11 is 1.64. The fraction of sp³-hybridized carbons (Fsp3) is 0.188. The van der Waals surface area contributed by atoms with Crippen molar-refractivity contribution in [2.75, 3.05) is 0 Å². The van der Waals surface area contributed by atoms with Crippen molar-refractivity contribution in [2.24, 2.45) is 0 Å². The maximum Gasteiger partial charge on any atom is 0.125 e. The Morgan fingerprint density at radius 2 is 1.95 bits per heavy atom. The minimum Gasteiger partial charge on any atom is -0.264 e. The van der Waals surface area contributed by atoms with Gasteiger partial charge in [0.2, 0.25) is 0 Å². The molecule has 0 fully saturated rings. The van der Waals surface area contributed by atoms with Crippen molar-refractivity contribution in [1.29, 1.82) is 0 Å². The molecule has 0 bridgehead atoms. The van der Waals surface area contributed by atoms with Crippen LogP contribution >= 0.6 is 11.3 Å². The molecule has 0 atom stereocenters. The van der Waals surface area contributed by atoms with E-state index < -0.39 is 0 Å². The fourth-order valence-corrected chi connectivity index (χ4v) is 2.96. The van der Waals surface area contributed by atoms with Crippen LogP contribution < -0.4 is 0 Å². The Morgan fingerprint density at radius 3 is 2.70 bits per heavy atom. The van der Waals surface area contributed by atoms with E-state index in [1.54, 1.807) is 17.5 Å². The molecule has 0 radical (unpaired) electrons. The smallest absolute Gasteiger partial charge is 0.125 e. The quantitative estimate of drug-likeness (QED) is 0.714. The van der Waals surface area contributed by atoms with Crippen LogP contribution in [0.15, 0.2) is 48.2 Å². The topological polar surface area (TPSA) is 38.7 Å². The summed E-state index contributed by atoms with van der Waals surface area (Å²) in [5.41, 5.74) is 4.23. The zero-order valence-electron chi connectivity index (χ0n) is 11.4. The van der Waals surface area contributed by atoms with Crippen molar-refractivity contribution in [1.82, 2.24) is 15.0 Å². The Bertz CT molecular complexity index is 705. The predicted octanol–water partition coefficient (Wildman–Crippen LogP) is 4.39. The molecule has 3 heterocycles. The maximum atomic E-state index is 4.71. The molecule has 100 valence electrons. The highest BCUT2D eigenvalue weighted by Gasteiger charge is 2.13. The number of rotatable bonds is 3. The lowest BCUT2D eigenvalue weighted by Gasteiger charge is -2.09. The average molecular weight is 281 g/mol. The molecule has 0 saturated carbocycles. The van der Waals surface area contributed by atoms with Crippen LogP contribution in [0.5, 0.6) is 0 Å². The first-order valence-corrected chi connectivity index (χ1v) is 7.45. The van der Waals surface area contributed by atoms with E-state index >= 15 is 0 Å². The molecule has 4 heteroatoms. The second-order valence-corrected chi connectivity index (χ2v) is 5.73. The van der Waals surface area contributed by atoms with Gasteiger partial charge in [-0.25, -0.2) is 4.98 Å². The van der Waals surface area contributed by atoms with Gasteiger partial charge >= 0.3 is 0 Å². The number of pyridine rings is 2. The van der Waals surface area contributed by atoms with Crippen LogP contribution in [-0.2, 0) is 0 Å². The van der Waals surface area contributed by atoms with Crippen molar-refractivity contribution >= 4 is 11.3 Å². The summed E-state index contributed by atoms with van der Waals surface area (Å²) < 4.78 is 0.